The monoisotopic (exact) mass is 253 g/mol. The Morgan fingerprint density at radius 1 is 1.17 bits per heavy atom. The zero-order valence-electron chi connectivity index (χ0n) is 12.3. The van der Waals surface area contributed by atoms with Crippen LogP contribution in [0.5, 0.6) is 0 Å². The Bertz CT molecular complexity index is 246. The van der Waals surface area contributed by atoms with Crippen molar-refractivity contribution >= 4 is 0 Å². The summed E-state index contributed by atoms with van der Waals surface area (Å²) in [5, 5.41) is 0. The zero-order valence-corrected chi connectivity index (χ0v) is 12.3. The highest BCUT2D eigenvalue weighted by Crippen LogP contribution is 2.47. The third-order valence-corrected chi connectivity index (χ3v) is 5.35. The van der Waals surface area contributed by atoms with Gasteiger partial charge in [0.2, 0.25) is 0 Å². The van der Waals surface area contributed by atoms with Crippen molar-refractivity contribution in [1.82, 2.24) is 0 Å². The molecule has 0 spiro atoms. The van der Waals surface area contributed by atoms with E-state index in [2.05, 4.69) is 13.8 Å². The van der Waals surface area contributed by atoms with Crippen LogP contribution in [0.15, 0.2) is 0 Å². The van der Waals surface area contributed by atoms with E-state index in [1.54, 1.807) is 0 Å². The molecule has 0 aromatic rings. The Morgan fingerprint density at radius 2 is 1.89 bits per heavy atom. The molecule has 0 amide bonds. The van der Waals surface area contributed by atoms with Crippen molar-refractivity contribution in [2.75, 3.05) is 13.2 Å². The van der Waals surface area contributed by atoms with E-state index in [0.717, 1.165) is 13.2 Å². The Kier molecular flexibility index (Phi) is 4.71. The first-order chi connectivity index (χ1) is 8.55. The molecule has 0 aromatic heterocycles. The Hall–Kier alpha value is -0.0800. The maximum Gasteiger partial charge on any atom is 0.0576 e. The van der Waals surface area contributed by atoms with Crippen molar-refractivity contribution in [3.63, 3.8) is 0 Å². The second kappa shape index (κ2) is 5.92. The molecule has 1 aliphatic heterocycles. The molecule has 2 aliphatic rings. The lowest BCUT2D eigenvalue weighted by molar-refractivity contribution is 0.0771. The fourth-order valence-corrected chi connectivity index (χ4v) is 3.59. The van der Waals surface area contributed by atoms with Gasteiger partial charge in [0.25, 0.3) is 0 Å². The van der Waals surface area contributed by atoms with Gasteiger partial charge in [-0.1, -0.05) is 20.3 Å². The summed E-state index contributed by atoms with van der Waals surface area (Å²) in [7, 11) is 0. The molecular weight excluding hydrogens is 222 g/mol. The topological polar surface area (TPSA) is 35.2 Å². The van der Waals surface area contributed by atoms with E-state index < -0.39 is 0 Å². The van der Waals surface area contributed by atoms with Gasteiger partial charge in [0.1, 0.15) is 0 Å². The summed E-state index contributed by atoms with van der Waals surface area (Å²) < 4.78 is 5.71. The van der Waals surface area contributed by atoms with E-state index >= 15 is 0 Å². The molecule has 1 unspecified atom stereocenters. The van der Waals surface area contributed by atoms with Gasteiger partial charge >= 0.3 is 0 Å². The van der Waals surface area contributed by atoms with Gasteiger partial charge < -0.3 is 10.5 Å². The van der Waals surface area contributed by atoms with E-state index in [4.69, 9.17) is 10.5 Å². The van der Waals surface area contributed by atoms with Crippen molar-refractivity contribution in [3.05, 3.63) is 0 Å². The predicted molar refractivity (Wildman–Crippen MR) is 76.6 cm³/mol. The van der Waals surface area contributed by atoms with E-state index in [1.807, 2.05) is 0 Å². The van der Waals surface area contributed by atoms with Gasteiger partial charge in [-0.3, -0.25) is 0 Å². The quantitative estimate of drug-likeness (QED) is 0.807. The largest absolute Gasteiger partial charge is 0.378 e. The SMILES string of the molecule is CC1(C)CCC(CN)(CCCC2CCCO2)CC1. The number of ether oxygens (including phenoxy) is 1. The van der Waals surface area contributed by atoms with Crippen LogP contribution in [0.1, 0.15) is 71.6 Å². The molecule has 1 heterocycles. The van der Waals surface area contributed by atoms with Crippen molar-refractivity contribution in [1.29, 1.82) is 0 Å². The summed E-state index contributed by atoms with van der Waals surface area (Å²) in [6, 6.07) is 0. The van der Waals surface area contributed by atoms with Crippen LogP contribution in [0.25, 0.3) is 0 Å². The van der Waals surface area contributed by atoms with Gasteiger partial charge in [-0.25, -0.2) is 0 Å². The minimum absolute atomic E-state index is 0.453. The first-order valence-electron chi connectivity index (χ1n) is 7.87. The van der Waals surface area contributed by atoms with Gasteiger partial charge in [-0.05, 0) is 68.7 Å². The van der Waals surface area contributed by atoms with Gasteiger partial charge in [-0.15, -0.1) is 0 Å². The van der Waals surface area contributed by atoms with Crippen LogP contribution in [-0.4, -0.2) is 19.3 Å². The van der Waals surface area contributed by atoms with Gasteiger partial charge in [-0.2, -0.15) is 0 Å². The highest BCUT2D eigenvalue weighted by Gasteiger charge is 2.36. The molecule has 0 aromatic carbocycles. The fourth-order valence-electron chi connectivity index (χ4n) is 3.59. The predicted octanol–water partition coefficient (Wildman–Crippen LogP) is 3.88. The summed E-state index contributed by atoms with van der Waals surface area (Å²) in [4.78, 5) is 0. The first-order valence-corrected chi connectivity index (χ1v) is 7.87. The lowest BCUT2D eigenvalue weighted by Gasteiger charge is -2.43. The van der Waals surface area contributed by atoms with Crippen molar-refractivity contribution in [2.24, 2.45) is 16.6 Å². The standard InChI is InChI=1S/C16H31NO/c1-15(2)8-10-16(13-17,11-9-15)7-3-5-14-6-4-12-18-14/h14H,3-13,17H2,1-2H3. The molecular formula is C16H31NO. The molecule has 106 valence electrons. The molecule has 2 N–H and O–H groups in total. The van der Waals surface area contributed by atoms with Crippen molar-refractivity contribution < 1.29 is 4.74 Å². The average molecular weight is 253 g/mol. The molecule has 1 saturated carbocycles. The minimum Gasteiger partial charge on any atom is -0.378 e. The maximum absolute atomic E-state index is 6.09. The van der Waals surface area contributed by atoms with Gasteiger partial charge in [0.05, 0.1) is 6.10 Å². The second-order valence-corrected chi connectivity index (χ2v) is 7.40. The van der Waals surface area contributed by atoms with Crippen LogP contribution in [0.2, 0.25) is 0 Å². The van der Waals surface area contributed by atoms with Crippen molar-refractivity contribution in [3.8, 4) is 0 Å². The van der Waals surface area contributed by atoms with Crippen LogP contribution >= 0.6 is 0 Å². The minimum atomic E-state index is 0.453. The Balaban J connectivity index is 1.74. The Morgan fingerprint density at radius 3 is 2.44 bits per heavy atom. The van der Waals surface area contributed by atoms with E-state index in [1.165, 1.54) is 57.8 Å². The van der Waals surface area contributed by atoms with Crippen LogP contribution in [-0.2, 0) is 4.74 Å². The number of hydrogen-bond acceptors (Lipinski definition) is 2. The van der Waals surface area contributed by atoms with E-state index in [-0.39, 0.29) is 0 Å². The highest BCUT2D eigenvalue weighted by atomic mass is 16.5. The molecule has 1 saturated heterocycles. The van der Waals surface area contributed by atoms with Crippen molar-refractivity contribution in [2.45, 2.75) is 77.7 Å². The summed E-state index contributed by atoms with van der Waals surface area (Å²) in [6.45, 7) is 6.68. The van der Waals surface area contributed by atoms with Gasteiger partial charge in [0, 0.05) is 6.61 Å². The molecule has 2 fully saturated rings. The lowest BCUT2D eigenvalue weighted by atomic mass is 9.63. The summed E-state index contributed by atoms with van der Waals surface area (Å²) >= 11 is 0. The maximum atomic E-state index is 6.09. The molecule has 0 radical (unpaired) electrons. The molecule has 2 rings (SSSR count). The van der Waals surface area contributed by atoms with Crippen LogP contribution in [0.4, 0.5) is 0 Å². The number of rotatable bonds is 5. The Labute approximate surface area is 113 Å². The average Bonchev–Trinajstić information content (AvgIpc) is 2.85. The molecule has 1 aliphatic carbocycles. The third kappa shape index (κ3) is 3.71. The van der Waals surface area contributed by atoms with Gasteiger partial charge in [0.15, 0.2) is 0 Å². The number of nitrogens with two attached hydrogens (primary N) is 1. The fraction of sp³-hybridized carbons (Fsp3) is 1.00. The molecule has 1 atom stereocenters. The lowest BCUT2D eigenvalue weighted by Crippen LogP contribution is -2.37. The van der Waals surface area contributed by atoms with Crippen LogP contribution < -0.4 is 5.73 Å². The summed E-state index contributed by atoms with van der Waals surface area (Å²) in [6.07, 6.45) is 12.4. The molecule has 0 bridgehead atoms. The summed E-state index contributed by atoms with van der Waals surface area (Å²) in [5.74, 6) is 0. The zero-order chi connectivity index (χ0) is 13.1. The van der Waals surface area contributed by atoms with E-state index in [0.29, 0.717) is 16.9 Å². The normalized spacial score (nSPS) is 30.5. The third-order valence-electron chi connectivity index (χ3n) is 5.35. The molecule has 2 nitrogen and oxygen atoms in total. The van der Waals surface area contributed by atoms with Crippen LogP contribution in [0.3, 0.4) is 0 Å². The highest BCUT2D eigenvalue weighted by molar-refractivity contribution is 4.89. The molecule has 2 heteroatoms. The second-order valence-electron chi connectivity index (χ2n) is 7.40. The van der Waals surface area contributed by atoms with E-state index in [9.17, 15) is 0 Å². The smallest absolute Gasteiger partial charge is 0.0576 e. The molecule has 18 heavy (non-hydrogen) atoms. The van der Waals surface area contributed by atoms with Crippen LogP contribution in [0, 0.1) is 10.8 Å². The number of hydrogen-bond donors (Lipinski definition) is 1. The first kappa shape index (κ1) is 14.3. The summed E-state index contributed by atoms with van der Waals surface area (Å²) in [5.41, 5.74) is 7.09.